The van der Waals surface area contributed by atoms with E-state index in [4.69, 9.17) is 0 Å². The van der Waals surface area contributed by atoms with E-state index in [9.17, 15) is 9.59 Å². The molecule has 136 valence electrons. The van der Waals surface area contributed by atoms with Gasteiger partial charge in [-0.3, -0.25) is 9.59 Å². The van der Waals surface area contributed by atoms with Gasteiger partial charge in [0.1, 0.15) is 0 Å². The van der Waals surface area contributed by atoms with Crippen LogP contribution in [-0.2, 0) is 6.54 Å². The van der Waals surface area contributed by atoms with Crippen molar-refractivity contribution < 1.29 is 9.59 Å². The van der Waals surface area contributed by atoms with Crippen molar-refractivity contribution in [2.24, 2.45) is 0 Å². The first kappa shape index (κ1) is 18.9. The zero-order chi connectivity index (χ0) is 19.2. The van der Waals surface area contributed by atoms with Crippen molar-refractivity contribution in [2.45, 2.75) is 11.4 Å². The Balaban J connectivity index is 1.68. The van der Waals surface area contributed by atoms with Gasteiger partial charge in [-0.15, -0.1) is 11.8 Å². The number of amides is 1. The summed E-state index contributed by atoms with van der Waals surface area (Å²) in [6.07, 6.45) is 2.04. The molecule has 0 spiro atoms. The molecule has 0 fully saturated rings. The van der Waals surface area contributed by atoms with E-state index in [0.717, 1.165) is 5.56 Å². The number of thioether (sulfide) groups is 1. The summed E-state index contributed by atoms with van der Waals surface area (Å²) in [5.41, 5.74) is 2.87. The summed E-state index contributed by atoms with van der Waals surface area (Å²) in [4.78, 5) is 28.0. The molecule has 3 aromatic rings. The molecule has 0 saturated heterocycles. The summed E-state index contributed by atoms with van der Waals surface area (Å²) in [6, 6.07) is 24.2. The lowest BCUT2D eigenvalue weighted by Crippen LogP contribution is -2.26. The Kier molecular flexibility index (Phi) is 6.09. The van der Waals surface area contributed by atoms with Crippen LogP contribution in [0.4, 0.5) is 0 Å². The maximum absolute atomic E-state index is 12.7. The van der Waals surface area contributed by atoms with Crippen LogP contribution >= 0.6 is 11.8 Å². The summed E-state index contributed by atoms with van der Waals surface area (Å²) >= 11 is 1.69. The van der Waals surface area contributed by atoms with E-state index in [1.54, 1.807) is 60.1 Å². The van der Waals surface area contributed by atoms with E-state index in [1.165, 1.54) is 4.90 Å². The van der Waals surface area contributed by atoms with Gasteiger partial charge < -0.3 is 4.90 Å². The highest BCUT2D eigenvalue weighted by atomic mass is 32.2. The minimum atomic E-state index is -0.0670. The lowest BCUT2D eigenvalue weighted by atomic mass is 10.0. The second-order valence-electron chi connectivity index (χ2n) is 6.28. The minimum absolute atomic E-state index is 0.0446. The molecular weight excluding hydrogens is 354 g/mol. The predicted molar refractivity (Wildman–Crippen MR) is 110 cm³/mol. The highest BCUT2D eigenvalue weighted by Crippen LogP contribution is 2.17. The highest BCUT2D eigenvalue weighted by Gasteiger charge is 2.14. The molecule has 4 heteroatoms. The molecule has 3 rings (SSSR count). The van der Waals surface area contributed by atoms with Gasteiger partial charge >= 0.3 is 0 Å². The van der Waals surface area contributed by atoms with Crippen LogP contribution in [-0.4, -0.2) is 29.9 Å². The number of carbonyl (C=O) groups is 2. The first-order valence-electron chi connectivity index (χ1n) is 8.66. The molecule has 0 heterocycles. The van der Waals surface area contributed by atoms with Crippen LogP contribution in [0.25, 0.3) is 0 Å². The zero-order valence-electron chi connectivity index (χ0n) is 15.4. The fourth-order valence-corrected chi connectivity index (χ4v) is 3.23. The van der Waals surface area contributed by atoms with E-state index in [-0.39, 0.29) is 11.7 Å². The molecule has 1 amide bonds. The molecule has 0 unspecified atom stereocenters. The first-order valence-corrected chi connectivity index (χ1v) is 9.89. The standard InChI is InChI=1S/C23H21NO2S/c1-24(16-17-8-14-21(27-2)15-9-17)23(26)20-12-10-19(11-13-20)22(25)18-6-4-3-5-7-18/h3-15H,16H2,1-2H3. The Morgan fingerprint density at radius 2 is 1.33 bits per heavy atom. The summed E-state index contributed by atoms with van der Waals surface area (Å²) < 4.78 is 0. The average Bonchev–Trinajstić information content (AvgIpc) is 2.74. The molecule has 0 saturated carbocycles. The van der Waals surface area contributed by atoms with E-state index in [0.29, 0.717) is 23.2 Å². The smallest absolute Gasteiger partial charge is 0.253 e. The molecule has 0 N–H and O–H groups in total. The fourth-order valence-electron chi connectivity index (χ4n) is 2.82. The third-order valence-electron chi connectivity index (χ3n) is 4.36. The van der Waals surface area contributed by atoms with Crippen molar-refractivity contribution >= 4 is 23.5 Å². The van der Waals surface area contributed by atoms with E-state index < -0.39 is 0 Å². The van der Waals surface area contributed by atoms with Crippen LogP contribution in [0, 0.1) is 0 Å². The van der Waals surface area contributed by atoms with E-state index in [2.05, 4.69) is 12.1 Å². The van der Waals surface area contributed by atoms with Crippen LogP contribution < -0.4 is 0 Å². The van der Waals surface area contributed by atoms with Crippen LogP contribution in [0.3, 0.4) is 0 Å². The van der Waals surface area contributed by atoms with Crippen molar-refractivity contribution in [2.75, 3.05) is 13.3 Å². The van der Waals surface area contributed by atoms with Crippen molar-refractivity contribution in [3.8, 4) is 0 Å². The number of nitrogens with zero attached hydrogens (tertiary/aromatic N) is 1. The Labute approximate surface area is 164 Å². The van der Waals surface area contributed by atoms with Gasteiger partial charge in [0.2, 0.25) is 0 Å². The lowest BCUT2D eigenvalue weighted by molar-refractivity contribution is 0.0784. The van der Waals surface area contributed by atoms with Gasteiger partial charge in [-0.1, -0.05) is 54.6 Å². The topological polar surface area (TPSA) is 37.4 Å². The average molecular weight is 375 g/mol. The normalized spacial score (nSPS) is 10.4. The molecule has 3 aromatic carbocycles. The number of hydrogen-bond acceptors (Lipinski definition) is 3. The Morgan fingerprint density at radius 1 is 0.778 bits per heavy atom. The summed E-state index contributed by atoms with van der Waals surface area (Å²) in [5, 5.41) is 0. The molecule has 0 atom stereocenters. The second-order valence-corrected chi connectivity index (χ2v) is 7.16. The zero-order valence-corrected chi connectivity index (χ0v) is 16.2. The van der Waals surface area contributed by atoms with Gasteiger partial charge in [-0.25, -0.2) is 0 Å². The van der Waals surface area contributed by atoms with Crippen molar-refractivity contribution in [1.29, 1.82) is 0 Å². The van der Waals surface area contributed by atoms with Gasteiger partial charge in [-0.2, -0.15) is 0 Å². The van der Waals surface area contributed by atoms with Crippen LogP contribution in [0.2, 0.25) is 0 Å². The van der Waals surface area contributed by atoms with Gasteiger partial charge in [0.15, 0.2) is 5.78 Å². The number of benzene rings is 3. The molecule has 0 radical (unpaired) electrons. The third-order valence-corrected chi connectivity index (χ3v) is 5.10. The van der Waals surface area contributed by atoms with Gasteiger partial charge in [-0.05, 0) is 36.1 Å². The Morgan fingerprint density at radius 3 is 1.93 bits per heavy atom. The van der Waals surface area contributed by atoms with E-state index in [1.807, 2.05) is 36.6 Å². The van der Waals surface area contributed by atoms with Crippen LogP contribution in [0.5, 0.6) is 0 Å². The molecule has 27 heavy (non-hydrogen) atoms. The number of ketones is 1. The van der Waals surface area contributed by atoms with Crippen molar-refractivity contribution in [3.05, 3.63) is 101 Å². The lowest BCUT2D eigenvalue weighted by Gasteiger charge is -2.17. The Hall–Kier alpha value is -2.85. The number of rotatable bonds is 6. The van der Waals surface area contributed by atoms with Crippen molar-refractivity contribution in [3.63, 3.8) is 0 Å². The maximum Gasteiger partial charge on any atom is 0.253 e. The van der Waals surface area contributed by atoms with Crippen LogP contribution in [0.15, 0.2) is 83.8 Å². The first-order chi connectivity index (χ1) is 13.1. The molecule has 0 aliphatic carbocycles. The third kappa shape index (κ3) is 4.66. The monoisotopic (exact) mass is 375 g/mol. The minimum Gasteiger partial charge on any atom is -0.337 e. The molecule has 0 aromatic heterocycles. The number of hydrogen-bond donors (Lipinski definition) is 0. The SMILES string of the molecule is CSc1ccc(CN(C)C(=O)c2ccc(C(=O)c3ccccc3)cc2)cc1. The van der Waals surface area contributed by atoms with Gasteiger partial charge in [0, 0.05) is 35.2 Å². The molecular formula is C23H21NO2S. The van der Waals surface area contributed by atoms with Crippen LogP contribution in [0.1, 0.15) is 31.8 Å². The highest BCUT2D eigenvalue weighted by molar-refractivity contribution is 7.98. The maximum atomic E-state index is 12.7. The molecule has 3 nitrogen and oxygen atoms in total. The van der Waals surface area contributed by atoms with Gasteiger partial charge in [0.25, 0.3) is 5.91 Å². The van der Waals surface area contributed by atoms with Gasteiger partial charge in [0.05, 0.1) is 0 Å². The summed E-state index contributed by atoms with van der Waals surface area (Å²) in [5.74, 6) is -0.112. The summed E-state index contributed by atoms with van der Waals surface area (Å²) in [6.45, 7) is 0.540. The van der Waals surface area contributed by atoms with E-state index >= 15 is 0 Å². The summed E-state index contributed by atoms with van der Waals surface area (Å²) in [7, 11) is 1.79. The number of carbonyl (C=O) groups excluding carboxylic acids is 2. The largest absolute Gasteiger partial charge is 0.337 e. The fraction of sp³-hybridized carbons (Fsp3) is 0.130. The Bertz CT molecular complexity index is 919. The van der Waals surface area contributed by atoms with Crippen molar-refractivity contribution in [1.82, 2.24) is 4.90 Å². The predicted octanol–water partition coefficient (Wildman–Crippen LogP) is 4.91. The second kappa shape index (κ2) is 8.69. The molecule has 0 bridgehead atoms. The molecule has 0 aliphatic rings. The quantitative estimate of drug-likeness (QED) is 0.454. The molecule has 0 aliphatic heterocycles.